The minimum Gasteiger partial charge on any atom is -0.316 e. The molecule has 0 aliphatic heterocycles. The first-order chi connectivity index (χ1) is 8.31. The fraction of sp³-hybridized carbons (Fsp3) is 0.600. The molecule has 2 heteroatoms. The Bertz CT molecular complexity index is 347. The van der Waals surface area contributed by atoms with Crippen LogP contribution < -0.4 is 5.32 Å². The Hall–Kier alpha value is -0.340. The predicted molar refractivity (Wildman–Crippen MR) is 77.4 cm³/mol. The highest BCUT2D eigenvalue weighted by molar-refractivity contribution is 9.10. The fourth-order valence-electron chi connectivity index (χ4n) is 2.57. The van der Waals surface area contributed by atoms with Crippen molar-refractivity contribution in [3.8, 4) is 0 Å². The zero-order valence-corrected chi connectivity index (χ0v) is 12.2. The highest BCUT2D eigenvalue weighted by Gasteiger charge is 2.28. The van der Waals surface area contributed by atoms with Crippen LogP contribution in [0.3, 0.4) is 0 Å². The van der Waals surface area contributed by atoms with Gasteiger partial charge in [-0.2, -0.15) is 0 Å². The lowest BCUT2D eigenvalue weighted by atomic mass is 9.73. The molecule has 1 nitrogen and oxygen atoms in total. The number of benzene rings is 1. The second-order valence-electron chi connectivity index (χ2n) is 5.06. The summed E-state index contributed by atoms with van der Waals surface area (Å²) in [5.41, 5.74) is 1.49. The van der Waals surface area contributed by atoms with Crippen molar-refractivity contribution in [2.24, 2.45) is 5.92 Å². The van der Waals surface area contributed by atoms with E-state index in [2.05, 4.69) is 52.4 Å². The molecule has 1 aromatic carbocycles. The van der Waals surface area contributed by atoms with Crippen LogP contribution in [-0.2, 0) is 0 Å². The first kappa shape index (κ1) is 13.1. The van der Waals surface area contributed by atoms with E-state index in [0.29, 0.717) is 5.92 Å². The van der Waals surface area contributed by atoms with Crippen LogP contribution in [-0.4, -0.2) is 13.1 Å². The molecule has 94 valence electrons. The van der Waals surface area contributed by atoms with Crippen molar-refractivity contribution in [1.82, 2.24) is 5.32 Å². The van der Waals surface area contributed by atoms with E-state index in [0.717, 1.165) is 19.0 Å². The van der Waals surface area contributed by atoms with Crippen molar-refractivity contribution in [2.75, 3.05) is 13.1 Å². The van der Waals surface area contributed by atoms with Gasteiger partial charge in [0.15, 0.2) is 0 Å². The third kappa shape index (κ3) is 3.56. The van der Waals surface area contributed by atoms with Gasteiger partial charge in [-0.3, -0.25) is 0 Å². The van der Waals surface area contributed by atoms with Crippen LogP contribution in [0, 0.1) is 5.92 Å². The molecular weight excluding hydrogens is 274 g/mol. The van der Waals surface area contributed by atoms with Gasteiger partial charge in [-0.05, 0) is 55.3 Å². The van der Waals surface area contributed by atoms with E-state index in [1.54, 1.807) is 0 Å². The maximum absolute atomic E-state index is 3.59. The van der Waals surface area contributed by atoms with E-state index >= 15 is 0 Å². The Morgan fingerprint density at radius 1 is 1.41 bits per heavy atom. The summed E-state index contributed by atoms with van der Waals surface area (Å²) in [4.78, 5) is 0. The highest BCUT2D eigenvalue weighted by atomic mass is 79.9. The predicted octanol–water partition coefficient (Wildman–Crippen LogP) is 4.33. The molecule has 0 heterocycles. The molecule has 1 N–H and O–H groups in total. The van der Waals surface area contributed by atoms with Crippen molar-refractivity contribution >= 4 is 15.9 Å². The summed E-state index contributed by atoms with van der Waals surface area (Å²) in [6.07, 6.45) is 5.45. The molecule has 1 aromatic rings. The van der Waals surface area contributed by atoms with Gasteiger partial charge in [-0.15, -0.1) is 0 Å². The molecule has 1 unspecified atom stereocenters. The maximum atomic E-state index is 3.59. The standard InChI is InChI=1S/C15H22BrN/c1-2-9-17-11-15(12-5-3-6-12)13-7-4-8-14(16)10-13/h4,7-8,10,12,15,17H,2-3,5-6,9,11H2,1H3. The highest BCUT2D eigenvalue weighted by Crippen LogP contribution is 2.39. The number of nitrogens with one attached hydrogen (secondary N) is 1. The van der Waals surface area contributed by atoms with Gasteiger partial charge in [0.05, 0.1) is 0 Å². The summed E-state index contributed by atoms with van der Waals surface area (Å²) in [7, 11) is 0. The van der Waals surface area contributed by atoms with E-state index in [1.807, 2.05) is 0 Å². The monoisotopic (exact) mass is 295 g/mol. The molecule has 1 saturated carbocycles. The minimum atomic E-state index is 0.702. The Balaban J connectivity index is 2.03. The maximum Gasteiger partial charge on any atom is 0.0178 e. The van der Waals surface area contributed by atoms with Gasteiger partial charge in [-0.1, -0.05) is 41.4 Å². The van der Waals surface area contributed by atoms with Crippen molar-refractivity contribution < 1.29 is 0 Å². The smallest absolute Gasteiger partial charge is 0.0178 e. The Morgan fingerprint density at radius 2 is 2.24 bits per heavy atom. The van der Waals surface area contributed by atoms with Gasteiger partial charge in [-0.25, -0.2) is 0 Å². The number of hydrogen-bond acceptors (Lipinski definition) is 1. The second-order valence-corrected chi connectivity index (χ2v) is 5.97. The second kappa shape index (κ2) is 6.55. The van der Waals surface area contributed by atoms with Crippen molar-refractivity contribution in [3.63, 3.8) is 0 Å². The first-order valence-electron chi connectivity index (χ1n) is 6.77. The molecule has 0 saturated heterocycles. The topological polar surface area (TPSA) is 12.0 Å². The Kier molecular flexibility index (Phi) is 5.05. The zero-order chi connectivity index (χ0) is 12.1. The number of rotatable bonds is 6. The number of halogens is 1. The molecule has 0 bridgehead atoms. The largest absolute Gasteiger partial charge is 0.316 e. The van der Waals surface area contributed by atoms with Gasteiger partial charge in [0, 0.05) is 11.0 Å². The van der Waals surface area contributed by atoms with Gasteiger partial charge in [0.2, 0.25) is 0 Å². The summed E-state index contributed by atoms with van der Waals surface area (Å²) in [6, 6.07) is 8.84. The fourth-order valence-corrected chi connectivity index (χ4v) is 2.99. The van der Waals surface area contributed by atoms with E-state index in [-0.39, 0.29) is 0 Å². The Morgan fingerprint density at radius 3 is 2.82 bits per heavy atom. The third-order valence-electron chi connectivity index (χ3n) is 3.79. The average Bonchev–Trinajstić information content (AvgIpc) is 2.25. The lowest BCUT2D eigenvalue weighted by molar-refractivity contribution is 0.255. The molecule has 0 radical (unpaired) electrons. The van der Waals surface area contributed by atoms with Crippen molar-refractivity contribution in [3.05, 3.63) is 34.3 Å². The van der Waals surface area contributed by atoms with Gasteiger partial charge in [0.1, 0.15) is 0 Å². The quantitative estimate of drug-likeness (QED) is 0.770. The van der Waals surface area contributed by atoms with Crippen LogP contribution in [0.1, 0.15) is 44.1 Å². The van der Waals surface area contributed by atoms with E-state index < -0.39 is 0 Å². The molecular formula is C15H22BrN. The third-order valence-corrected chi connectivity index (χ3v) is 4.28. The normalized spacial score (nSPS) is 17.8. The average molecular weight is 296 g/mol. The molecule has 1 fully saturated rings. The van der Waals surface area contributed by atoms with Crippen LogP contribution in [0.15, 0.2) is 28.7 Å². The molecule has 0 spiro atoms. The summed E-state index contributed by atoms with van der Waals surface area (Å²) >= 11 is 3.58. The van der Waals surface area contributed by atoms with Crippen molar-refractivity contribution in [1.29, 1.82) is 0 Å². The molecule has 1 aliphatic rings. The molecule has 2 rings (SSSR count). The van der Waals surface area contributed by atoms with E-state index in [1.165, 1.54) is 35.7 Å². The lowest BCUT2D eigenvalue weighted by Crippen LogP contribution is -2.30. The van der Waals surface area contributed by atoms with Gasteiger partial charge < -0.3 is 5.32 Å². The Labute approximate surface area is 113 Å². The van der Waals surface area contributed by atoms with Crippen LogP contribution >= 0.6 is 15.9 Å². The summed E-state index contributed by atoms with van der Waals surface area (Å²) in [6.45, 7) is 4.50. The molecule has 0 amide bonds. The summed E-state index contributed by atoms with van der Waals surface area (Å²) < 4.78 is 1.20. The molecule has 1 atom stereocenters. The first-order valence-corrected chi connectivity index (χ1v) is 7.56. The van der Waals surface area contributed by atoms with Crippen LogP contribution in [0.5, 0.6) is 0 Å². The molecule has 17 heavy (non-hydrogen) atoms. The summed E-state index contributed by atoms with van der Waals surface area (Å²) in [5, 5.41) is 3.59. The van der Waals surface area contributed by atoms with Crippen LogP contribution in [0.2, 0.25) is 0 Å². The van der Waals surface area contributed by atoms with E-state index in [4.69, 9.17) is 0 Å². The minimum absolute atomic E-state index is 0.702. The van der Waals surface area contributed by atoms with Gasteiger partial charge in [0.25, 0.3) is 0 Å². The zero-order valence-electron chi connectivity index (χ0n) is 10.6. The van der Waals surface area contributed by atoms with E-state index in [9.17, 15) is 0 Å². The summed E-state index contributed by atoms with van der Waals surface area (Å²) in [5.74, 6) is 1.60. The SMILES string of the molecule is CCCNCC(c1cccc(Br)c1)C1CCC1. The van der Waals surface area contributed by atoms with Crippen LogP contribution in [0.25, 0.3) is 0 Å². The van der Waals surface area contributed by atoms with Crippen molar-refractivity contribution in [2.45, 2.75) is 38.5 Å². The van der Waals surface area contributed by atoms with Gasteiger partial charge >= 0.3 is 0 Å². The van der Waals surface area contributed by atoms with Crippen LogP contribution in [0.4, 0.5) is 0 Å². The lowest BCUT2D eigenvalue weighted by Gasteiger charge is -2.34. The number of hydrogen-bond donors (Lipinski definition) is 1. The molecule has 1 aliphatic carbocycles. The molecule has 0 aromatic heterocycles.